The highest BCUT2D eigenvalue weighted by molar-refractivity contribution is 9.10. The lowest BCUT2D eigenvalue weighted by molar-refractivity contribution is 0.0662. The van der Waals surface area contributed by atoms with E-state index >= 15 is 0 Å². The molecule has 2 aliphatic rings. The second-order valence-electron chi connectivity index (χ2n) is 6.69. The Morgan fingerprint density at radius 3 is 2.36 bits per heavy atom. The van der Waals surface area contributed by atoms with Crippen molar-refractivity contribution in [2.24, 2.45) is 0 Å². The van der Waals surface area contributed by atoms with Crippen LogP contribution in [0.4, 0.5) is 4.79 Å². The molecule has 2 fully saturated rings. The molecule has 5 nitrogen and oxygen atoms in total. The van der Waals surface area contributed by atoms with E-state index in [-0.39, 0.29) is 11.9 Å². The third-order valence-corrected chi connectivity index (χ3v) is 5.77. The number of nitrogens with zero attached hydrogens (tertiary/aromatic N) is 2. The fraction of sp³-hybridized carbons (Fsp3) is 0.556. The molecule has 7 heteroatoms. The molecule has 1 aromatic carbocycles. The number of piperazine rings is 1. The van der Waals surface area contributed by atoms with Gasteiger partial charge >= 0.3 is 6.03 Å². The monoisotopic (exact) mass is 427 g/mol. The molecule has 1 N–H and O–H groups in total. The van der Waals surface area contributed by atoms with Crippen molar-refractivity contribution in [3.63, 3.8) is 0 Å². The summed E-state index contributed by atoms with van der Waals surface area (Å²) in [5.41, 5.74) is 0.496. The number of hydrogen-bond donors (Lipinski definition) is 1. The lowest BCUT2D eigenvalue weighted by Gasteiger charge is -2.36. The van der Waals surface area contributed by atoms with E-state index in [1.807, 2.05) is 6.07 Å². The number of benzene rings is 1. The number of hydrogen-bond acceptors (Lipinski definition) is 2. The Morgan fingerprint density at radius 2 is 1.68 bits per heavy atom. The van der Waals surface area contributed by atoms with E-state index in [2.05, 4.69) is 21.2 Å². The minimum absolute atomic E-state index is 0.000475. The summed E-state index contributed by atoms with van der Waals surface area (Å²) in [4.78, 5) is 28.6. The molecule has 0 atom stereocenters. The molecule has 1 aliphatic heterocycles. The van der Waals surface area contributed by atoms with Gasteiger partial charge in [0.1, 0.15) is 0 Å². The van der Waals surface area contributed by atoms with Gasteiger partial charge < -0.3 is 15.1 Å². The summed E-state index contributed by atoms with van der Waals surface area (Å²) in [5.74, 6) is -0.0846. The quantitative estimate of drug-likeness (QED) is 0.776. The van der Waals surface area contributed by atoms with Crippen LogP contribution in [0.3, 0.4) is 0 Å². The molecule has 1 aliphatic carbocycles. The lowest BCUT2D eigenvalue weighted by atomic mass is 9.96. The van der Waals surface area contributed by atoms with Gasteiger partial charge in [0.2, 0.25) is 0 Å². The second-order valence-corrected chi connectivity index (χ2v) is 8.01. The molecule has 25 heavy (non-hydrogen) atoms. The molecule has 1 saturated heterocycles. The number of nitrogens with one attached hydrogen (secondary N) is 1. The smallest absolute Gasteiger partial charge is 0.317 e. The van der Waals surface area contributed by atoms with E-state index in [9.17, 15) is 9.59 Å². The van der Waals surface area contributed by atoms with E-state index in [1.165, 1.54) is 19.3 Å². The van der Waals surface area contributed by atoms with Crippen molar-refractivity contribution in [1.82, 2.24) is 15.1 Å². The van der Waals surface area contributed by atoms with Gasteiger partial charge in [-0.25, -0.2) is 4.79 Å². The first kappa shape index (κ1) is 18.5. The number of carbonyl (C=O) groups is 2. The zero-order valence-corrected chi connectivity index (χ0v) is 16.5. The number of halogens is 2. The Labute approximate surface area is 161 Å². The van der Waals surface area contributed by atoms with Gasteiger partial charge in [0.15, 0.2) is 0 Å². The van der Waals surface area contributed by atoms with Crippen molar-refractivity contribution in [2.45, 2.75) is 38.1 Å². The van der Waals surface area contributed by atoms with Crippen molar-refractivity contribution in [2.75, 3.05) is 26.2 Å². The highest BCUT2D eigenvalue weighted by Crippen LogP contribution is 2.23. The lowest BCUT2D eigenvalue weighted by Crippen LogP contribution is -2.54. The predicted octanol–water partition coefficient (Wildman–Crippen LogP) is 3.90. The molecular weight excluding hydrogens is 406 g/mol. The van der Waals surface area contributed by atoms with Crippen LogP contribution in [0.5, 0.6) is 0 Å². The summed E-state index contributed by atoms with van der Waals surface area (Å²) in [6, 6.07) is 5.58. The Hall–Kier alpha value is -1.27. The Kier molecular flexibility index (Phi) is 6.23. The van der Waals surface area contributed by atoms with Crippen molar-refractivity contribution >= 4 is 39.5 Å². The third-order valence-electron chi connectivity index (χ3n) is 4.95. The maximum atomic E-state index is 12.7. The molecule has 136 valence electrons. The van der Waals surface area contributed by atoms with Crippen LogP contribution in [0, 0.1) is 0 Å². The van der Waals surface area contributed by atoms with Crippen LogP contribution in [0.15, 0.2) is 22.7 Å². The average molecular weight is 429 g/mol. The molecule has 0 radical (unpaired) electrons. The summed E-state index contributed by atoms with van der Waals surface area (Å²) in [5, 5.41) is 3.59. The van der Waals surface area contributed by atoms with Gasteiger partial charge in [0, 0.05) is 36.7 Å². The highest BCUT2D eigenvalue weighted by Gasteiger charge is 2.27. The summed E-state index contributed by atoms with van der Waals surface area (Å²) in [6.07, 6.45) is 5.81. The fourth-order valence-electron chi connectivity index (χ4n) is 3.46. The minimum atomic E-state index is -0.0846. The topological polar surface area (TPSA) is 52.7 Å². The van der Waals surface area contributed by atoms with E-state index in [0.717, 1.165) is 17.3 Å². The molecule has 1 heterocycles. The molecule has 3 rings (SSSR count). The van der Waals surface area contributed by atoms with Crippen LogP contribution in [-0.2, 0) is 0 Å². The Bertz CT molecular complexity index is 641. The van der Waals surface area contributed by atoms with Gasteiger partial charge in [-0.3, -0.25) is 4.79 Å². The SMILES string of the molecule is O=C(NC1CCCCC1)N1CCN(C(=O)c2cc(Br)ccc2Cl)CC1. The minimum Gasteiger partial charge on any atom is -0.335 e. The normalized spacial score (nSPS) is 19.0. The van der Waals surface area contributed by atoms with Crippen molar-refractivity contribution < 1.29 is 9.59 Å². The number of carbonyl (C=O) groups excluding carboxylic acids is 2. The molecule has 1 saturated carbocycles. The van der Waals surface area contributed by atoms with Crippen molar-refractivity contribution in [1.29, 1.82) is 0 Å². The molecule has 0 bridgehead atoms. The number of rotatable bonds is 2. The van der Waals surface area contributed by atoms with Gasteiger partial charge in [0.25, 0.3) is 5.91 Å². The predicted molar refractivity (Wildman–Crippen MR) is 102 cm³/mol. The maximum absolute atomic E-state index is 12.7. The number of amides is 3. The third kappa shape index (κ3) is 4.67. The molecular formula is C18H23BrClN3O2. The van der Waals surface area contributed by atoms with Crippen molar-refractivity contribution in [3.05, 3.63) is 33.3 Å². The van der Waals surface area contributed by atoms with Crippen LogP contribution in [0.1, 0.15) is 42.5 Å². The largest absolute Gasteiger partial charge is 0.335 e. The zero-order chi connectivity index (χ0) is 17.8. The summed E-state index contributed by atoms with van der Waals surface area (Å²) in [6.45, 7) is 2.16. The Morgan fingerprint density at radius 1 is 1.04 bits per heavy atom. The van der Waals surface area contributed by atoms with E-state index in [0.29, 0.717) is 42.8 Å². The van der Waals surface area contributed by atoms with Crippen LogP contribution in [0.25, 0.3) is 0 Å². The van der Waals surface area contributed by atoms with Crippen LogP contribution >= 0.6 is 27.5 Å². The van der Waals surface area contributed by atoms with Gasteiger partial charge in [0.05, 0.1) is 10.6 Å². The first-order chi connectivity index (χ1) is 12.0. The molecule has 0 unspecified atom stereocenters. The molecule has 0 spiro atoms. The van der Waals surface area contributed by atoms with E-state index in [1.54, 1.807) is 21.9 Å². The zero-order valence-electron chi connectivity index (χ0n) is 14.1. The van der Waals surface area contributed by atoms with E-state index in [4.69, 9.17) is 11.6 Å². The van der Waals surface area contributed by atoms with Gasteiger partial charge in [-0.1, -0.05) is 46.8 Å². The average Bonchev–Trinajstić information content (AvgIpc) is 2.64. The first-order valence-electron chi connectivity index (χ1n) is 8.84. The number of urea groups is 1. The van der Waals surface area contributed by atoms with Gasteiger partial charge in [-0.05, 0) is 31.0 Å². The second kappa shape index (κ2) is 8.41. The summed E-state index contributed by atoms with van der Waals surface area (Å²) < 4.78 is 0.825. The molecule has 1 aromatic rings. The maximum Gasteiger partial charge on any atom is 0.317 e. The fourth-order valence-corrected chi connectivity index (χ4v) is 4.02. The Balaban J connectivity index is 1.53. The van der Waals surface area contributed by atoms with Gasteiger partial charge in [-0.2, -0.15) is 0 Å². The molecule has 3 amide bonds. The molecule has 0 aromatic heterocycles. The van der Waals surface area contributed by atoms with Crippen LogP contribution in [-0.4, -0.2) is 54.0 Å². The van der Waals surface area contributed by atoms with Crippen LogP contribution < -0.4 is 5.32 Å². The van der Waals surface area contributed by atoms with Gasteiger partial charge in [-0.15, -0.1) is 0 Å². The van der Waals surface area contributed by atoms with E-state index < -0.39 is 0 Å². The van der Waals surface area contributed by atoms with Crippen LogP contribution in [0.2, 0.25) is 5.02 Å². The standard InChI is InChI=1S/C18H23BrClN3O2/c19-13-6-7-16(20)15(12-13)17(24)22-8-10-23(11-9-22)18(25)21-14-4-2-1-3-5-14/h6-7,12,14H,1-5,8-11H2,(H,21,25). The first-order valence-corrected chi connectivity index (χ1v) is 10.0. The summed E-state index contributed by atoms with van der Waals surface area (Å²) in [7, 11) is 0. The summed E-state index contributed by atoms with van der Waals surface area (Å²) >= 11 is 9.53. The highest BCUT2D eigenvalue weighted by atomic mass is 79.9. The van der Waals surface area contributed by atoms with Crippen molar-refractivity contribution in [3.8, 4) is 0 Å².